The van der Waals surface area contributed by atoms with E-state index in [0.29, 0.717) is 12.5 Å². The van der Waals surface area contributed by atoms with Gasteiger partial charge in [-0.05, 0) is 35.1 Å². The van der Waals surface area contributed by atoms with Gasteiger partial charge in [-0.3, -0.25) is 0 Å². The molecule has 2 aromatic carbocycles. The van der Waals surface area contributed by atoms with Gasteiger partial charge in [-0.1, -0.05) is 56.3 Å². The van der Waals surface area contributed by atoms with E-state index >= 15 is 0 Å². The van der Waals surface area contributed by atoms with Crippen LogP contribution in [-0.4, -0.2) is 20.6 Å². The largest absolute Gasteiger partial charge is 0.370 e. The molecule has 0 aliphatic carbocycles. The lowest BCUT2D eigenvalue weighted by Gasteiger charge is -2.15. The van der Waals surface area contributed by atoms with E-state index in [4.69, 9.17) is 5.73 Å². The predicted octanol–water partition coefficient (Wildman–Crippen LogP) is 3.90. The van der Waals surface area contributed by atoms with Crippen LogP contribution in [0.1, 0.15) is 36.1 Å². The monoisotopic (exact) mass is 501 g/mol. The maximum atomic E-state index is 11.6. The summed E-state index contributed by atoms with van der Waals surface area (Å²) >= 11 is 0. The summed E-state index contributed by atoms with van der Waals surface area (Å²) in [5.74, 6) is 0.333. The van der Waals surface area contributed by atoms with E-state index in [9.17, 15) is 8.42 Å². The van der Waals surface area contributed by atoms with Gasteiger partial charge in [0.25, 0.3) is 0 Å². The highest BCUT2D eigenvalue weighted by atomic mass is 127. The number of nitrogens with two attached hydrogens (primary N) is 1. The Morgan fingerprint density at radius 3 is 2.00 bits per heavy atom. The number of nitrogens with zero attached hydrogens (tertiary/aromatic N) is 1. The third-order valence-corrected chi connectivity index (χ3v) is 5.04. The van der Waals surface area contributed by atoms with E-state index in [-0.39, 0.29) is 29.7 Å². The number of sulfone groups is 1. The molecule has 7 heteroatoms. The lowest BCUT2D eigenvalue weighted by atomic mass is 10.0. The molecule has 2 aromatic rings. The van der Waals surface area contributed by atoms with E-state index in [2.05, 4.69) is 42.4 Å². The van der Waals surface area contributed by atoms with Crippen LogP contribution in [0, 0.1) is 0 Å². The van der Waals surface area contributed by atoms with Crippen molar-refractivity contribution in [1.29, 1.82) is 0 Å². The summed E-state index contributed by atoms with van der Waals surface area (Å²) in [5, 5.41) is 3.23. The summed E-state index contributed by atoms with van der Waals surface area (Å²) in [4.78, 5) is 4.42. The van der Waals surface area contributed by atoms with Crippen LogP contribution in [0.25, 0.3) is 0 Å². The first-order valence-electron chi connectivity index (χ1n) is 8.76. The van der Waals surface area contributed by atoms with Gasteiger partial charge in [0.1, 0.15) is 0 Å². The van der Waals surface area contributed by atoms with Crippen molar-refractivity contribution in [3.8, 4) is 0 Å². The average Bonchev–Trinajstić information content (AvgIpc) is 2.59. The molecular formula is C20H28IN3O2S. The van der Waals surface area contributed by atoms with E-state index in [1.165, 1.54) is 17.4 Å². The number of nitrogens with one attached hydrogen (secondary N) is 1. The van der Waals surface area contributed by atoms with Gasteiger partial charge in [-0.25, -0.2) is 13.4 Å². The number of hydrogen-bond acceptors (Lipinski definition) is 3. The molecule has 148 valence electrons. The maximum Gasteiger partial charge on any atom is 0.193 e. The highest BCUT2D eigenvalue weighted by molar-refractivity contribution is 14.0. The standard InChI is InChI=1S/C20H27N3O2S.HI/c1-4-15-11-8-12-16(5-2)19(15)23-20(21)22-13-17-9-6-7-10-18(17)14-26(3,24)25;/h6-12H,4-5,13-14H2,1-3H3,(H3,21,22,23);1H. The van der Waals surface area contributed by atoms with Crippen molar-refractivity contribution in [3.05, 3.63) is 64.7 Å². The van der Waals surface area contributed by atoms with Gasteiger partial charge in [0.2, 0.25) is 0 Å². The molecule has 5 nitrogen and oxygen atoms in total. The SMILES string of the molecule is CCc1cccc(CC)c1NC(N)=NCc1ccccc1CS(C)(=O)=O.I. The predicted molar refractivity (Wildman–Crippen MR) is 125 cm³/mol. The minimum atomic E-state index is -3.10. The zero-order valence-corrected chi connectivity index (χ0v) is 19.2. The minimum Gasteiger partial charge on any atom is -0.370 e. The Bertz CT molecular complexity index is 874. The van der Waals surface area contributed by atoms with E-state index in [0.717, 1.165) is 29.7 Å². The second-order valence-electron chi connectivity index (χ2n) is 6.32. The van der Waals surface area contributed by atoms with Gasteiger partial charge in [0.05, 0.1) is 12.3 Å². The number of para-hydroxylation sites is 1. The quantitative estimate of drug-likeness (QED) is 0.343. The van der Waals surface area contributed by atoms with Gasteiger partial charge in [-0.2, -0.15) is 0 Å². The summed E-state index contributed by atoms with van der Waals surface area (Å²) in [5.41, 5.74) is 11.1. The molecule has 0 radical (unpaired) electrons. The van der Waals surface area contributed by atoms with Gasteiger partial charge in [0.15, 0.2) is 15.8 Å². The molecule has 0 amide bonds. The Balaban J connectivity index is 0.00000364. The number of hydrogen-bond donors (Lipinski definition) is 2. The molecule has 0 atom stereocenters. The fraction of sp³-hybridized carbons (Fsp3) is 0.350. The van der Waals surface area contributed by atoms with Gasteiger partial charge < -0.3 is 11.1 Å². The zero-order valence-electron chi connectivity index (χ0n) is 16.0. The summed E-state index contributed by atoms with van der Waals surface area (Å²) in [6, 6.07) is 13.6. The Morgan fingerprint density at radius 1 is 0.963 bits per heavy atom. The molecule has 0 aliphatic rings. The highest BCUT2D eigenvalue weighted by Crippen LogP contribution is 2.22. The molecule has 0 heterocycles. The van der Waals surface area contributed by atoms with Crippen LogP contribution >= 0.6 is 24.0 Å². The van der Waals surface area contributed by atoms with Gasteiger partial charge in [0, 0.05) is 11.9 Å². The second-order valence-corrected chi connectivity index (χ2v) is 8.46. The smallest absolute Gasteiger partial charge is 0.193 e. The summed E-state index contributed by atoms with van der Waals surface area (Å²) in [6.45, 7) is 4.55. The molecule has 0 saturated heterocycles. The van der Waals surface area contributed by atoms with Crippen molar-refractivity contribution in [2.45, 2.75) is 39.0 Å². The van der Waals surface area contributed by atoms with Gasteiger partial charge in [-0.15, -0.1) is 24.0 Å². The summed E-state index contributed by atoms with van der Waals surface area (Å²) < 4.78 is 23.2. The molecule has 0 saturated carbocycles. The van der Waals surface area contributed by atoms with E-state index < -0.39 is 9.84 Å². The Kier molecular flexibility index (Phi) is 9.25. The van der Waals surface area contributed by atoms with Crippen molar-refractivity contribution in [2.24, 2.45) is 10.7 Å². The minimum absolute atomic E-state index is 0. The number of aryl methyl sites for hydroxylation is 2. The van der Waals surface area contributed by atoms with Crippen LogP contribution in [-0.2, 0) is 35.0 Å². The van der Waals surface area contributed by atoms with E-state index in [1.807, 2.05) is 24.3 Å². The first-order valence-corrected chi connectivity index (χ1v) is 10.8. The van der Waals surface area contributed by atoms with Crippen LogP contribution in [0.4, 0.5) is 5.69 Å². The molecule has 0 unspecified atom stereocenters. The first-order chi connectivity index (χ1) is 12.3. The fourth-order valence-corrected chi connectivity index (χ4v) is 3.72. The normalized spacial score (nSPS) is 11.7. The van der Waals surface area contributed by atoms with Crippen LogP contribution in [0.5, 0.6) is 0 Å². The molecule has 27 heavy (non-hydrogen) atoms. The molecule has 0 fully saturated rings. The Morgan fingerprint density at radius 2 is 1.48 bits per heavy atom. The van der Waals surface area contributed by atoms with Crippen molar-refractivity contribution in [1.82, 2.24) is 0 Å². The molecule has 0 aromatic heterocycles. The Labute approximate surface area is 179 Å². The summed E-state index contributed by atoms with van der Waals surface area (Å²) in [6.07, 6.45) is 3.04. The second kappa shape index (κ2) is 10.7. The maximum absolute atomic E-state index is 11.6. The highest BCUT2D eigenvalue weighted by Gasteiger charge is 2.10. The van der Waals surface area contributed by atoms with Crippen molar-refractivity contribution in [3.63, 3.8) is 0 Å². The lowest BCUT2D eigenvalue weighted by molar-refractivity contribution is 0.601. The lowest BCUT2D eigenvalue weighted by Crippen LogP contribution is -2.24. The average molecular weight is 501 g/mol. The number of aliphatic imine (C=N–C) groups is 1. The molecule has 0 aliphatic heterocycles. The van der Waals surface area contributed by atoms with Crippen LogP contribution in [0.2, 0.25) is 0 Å². The third-order valence-electron chi connectivity index (χ3n) is 4.21. The molecule has 2 rings (SSSR count). The van der Waals surface area contributed by atoms with Crippen molar-refractivity contribution in [2.75, 3.05) is 11.6 Å². The van der Waals surface area contributed by atoms with Crippen LogP contribution < -0.4 is 11.1 Å². The molecule has 3 N–H and O–H groups in total. The topological polar surface area (TPSA) is 84.5 Å². The fourth-order valence-electron chi connectivity index (χ4n) is 2.88. The molecular weight excluding hydrogens is 473 g/mol. The molecule has 0 bridgehead atoms. The van der Waals surface area contributed by atoms with Crippen LogP contribution in [0.15, 0.2) is 47.5 Å². The zero-order chi connectivity index (χ0) is 19.2. The Hall–Kier alpha value is -1.61. The van der Waals surface area contributed by atoms with Crippen LogP contribution in [0.3, 0.4) is 0 Å². The number of guanidine groups is 1. The van der Waals surface area contributed by atoms with Crippen molar-refractivity contribution < 1.29 is 8.42 Å². The van der Waals surface area contributed by atoms with E-state index in [1.54, 1.807) is 0 Å². The molecule has 0 spiro atoms. The number of rotatable bonds is 7. The van der Waals surface area contributed by atoms with Crippen molar-refractivity contribution >= 4 is 45.5 Å². The van der Waals surface area contributed by atoms with Gasteiger partial charge >= 0.3 is 0 Å². The first kappa shape index (κ1) is 23.4. The third kappa shape index (κ3) is 7.14. The number of anilines is 1. The number of halogens is 1. The number of benzene rings is 2. The summed E-state index contributed by atoms with van der Waals surface area (Å²) in [7, 11) is -3.10.